The van der Waals surface area contributed by atoms with Crippen molar-refractivity contribution in [2.45, 2.75) is 64.8 Å². The molecular weight excluding hydrogens is 251 g/mol. The van der Waals surface area contributed by atoms with Gasteiger partial charge in [0.05, 0.1) is 0 Å². The fourth-order valence-corrected chi connectivity index (χ4v) is 3.57. The number of nitrogens with one attached hydrogen (secondary N) is 1. The molecule has 112 valence electrons. The molecule has 2 nitrogen and oxygen atoms in total. The molecule has 1 saturated carbocycles. The van der Waals surface area contributed by atoms with E-state index in [9.17, 15) is 4.39 Å². The normalized spacial score (nSPS) is 18.8. The van der Waals surface area contributed by atoms with Gasteiger partial charge in [0.1, 0.15) is 5.82 Å². The van der Waals surface area contributed by atoms with E-state index in [2.05, 4.69) is 5.43 Å². The zero-order chi connectivity index (χ0) is 14.5. The van der Waals surface area contributed by atoms with Crippen LogP contribution in [-0.2, 0) is 0 Å². The first-order valence-corrected chi connectivity index (χ1v) is 7.84. The third-order valence-corrected chi connectivity index (χ3v) is 4.57. The van der Waals surface area contributed by atoms with E-state index in [-0.39, 0.29) is 11.9 Å². The number of hydrazine groups is 1. The average Bonchev–Trinajstić information content (AvgIpc) is 2.65. The Bertz CT molecular complexity index is 414. The molecular formula is C17H27FN2. The summed E-state index contributed by atoms with van der Waals surface area (Å²) in [6, 6.07) is 3.58. The Hall–Kier alpha value is -0.930. The number of halogens is 1. The first-order chi connectivity index (χ1) is 9.61. The molecule has 3 N–H and O–H groups in total. The van der Waals surface area contributed by atoms with Crippen molar-refractivity contribution in [3.8, 4) is 0 Å². The van der Waals surface area contributed by atoms with Gasteiger partial charge in [-0.2, -0.15) is 0 Å². The summed E-state index contributed by atoms with van der Waals surface area (Å²) in [7, 11) is 0. The second-order valence-corrected chi connectivity index (χ2v) is 6.29. The van der Waals surface area contributed by atoms with Gasteiger partial charge in [0, 0.05) is 11.6 Å². The molecule has 0 amide bonds. The molecule has 0 saturated heterocycles. The third kappa shape index (κ3) is 3.80. The second kappa shape index (κ2) is 7.19. The number of rotatable bonds is 4. The van der Waals surface area contributed by atoms with Gasteiger partial charge in [0.25, 0.3) is 0 Å². The largest absolute Gasteiger partial charge is 0.271 e. The SMILES string of the molecule is Cc1cc(C)c(C(CC2CCCCCC2)NN)c(F)c1. The summed E-state index contributed by atoms with van der Waals surface area (Å²) in [5, 5.41) is 0. The lowest BCUT2D eigenvalue weighted by atomic mass is 9.87. The molecule has 3 heteroatoms. The van der Waals surface area contributed by atoms with Crippen molar-refractivity contribution < 1.29 is 4.39 Å². The molecule has 1 aliphatic carbocycles. The van der Waals surface area contributed by atoms with E-state index < -0.39 is 0 Å². The van der Waals surface area contributed by atoms with Crippen LogP contribution < -0.4 is 11.3 Å². The average molecular weight is 278 g/mol. The topological polar surface area (TPSA) is 38.0 Å². The lowest BCUT2D eigenvalue weighted by Crippen LogP contribution is -2.31. The maximum atomic E-state index is 14.3. The highest BCUT2D eigenvalue weighted by molar-refractivity contribution is 5.34. The summed E-state index contributed by atoms with van der Waals surface area (Å²) in [6.07, 6.45) is 8.74. The van der Waals surface area contributed by atoms with Crippen LogP contribution in [0.4, 0.5) is 4.39 Å². The van der Waals surface area contributed by atoms with Crippen LogP contribution in [0.5, 0.6) is 0 Å². The van der Waals surface area contributed by atoms with Crippen LogP contribution in [0, 0.1) is 25.6 Å². The molecule has 0 heterocycles. The van der Waals surface area contributed by atoms with E-state index in [0.717, 1.165) is 23.1 Å². The zero-order valence-electron chi connectivity index (χ0n) is 12.7. The summed E-state index contributed by atoms with van der Waals surface area (Å²) in [4.78, 5) is 0. The van der Waals surface area contributed by atoms with Crippen molar-refractivity contribution in [2.75, 3.05) is 0 Å². The molecule has 0 aliphatic heterocycles. The molecule has 1 atom stereocenters. The van der Waals surface area contributed by atoms with Crippen molar-refractivity contribution >= 4 is 0 Å². The summed E-state index contributed by atoms with van der Waals surface area (Å²) in [5.41, 5.74) is 5.57. The highest BCUT2D eigenvalue weighted by Gasteiger charge is 2.22. The number of hydrogen-bond donors (Lipinski definition) is 2. The van der Waals surface area contributed by atoms with Gasteiger partial charge in [-0.3, -0.25) is 11.3 Å². The van der Waals surface area contributed by atoms with E-state index >= 15 is 0 Å². The van der Waals surface area contributed by atoms with Crippen LogP contribution >= 0.6 is 0 Å². The molecule has 0 bridgehead atoms. The van der Waals surface area contributed by atoms with E-state index in [1.807, 2.05) is 19.9 Å². The van der Waals surface area contributed by atoms with E-state index in [0.29, 0.717) is 5.92 Å². The van der Waals surface area contributed by atoms with Crippen molar-refractivity contribution in [3.63, 3.8) is 0 Å². The summed E-state index contributed by atoms with van der Waals surface area (Å²) in [6.45, 7) is 3.90. The number of hydrogen-bond acceptors (Lipinski definition) is 2. The molecule has 2 rings (SSSR count). The molecule has 1 aromatic carbocycles. The van der Waals surface area contributed by atoms with Gasteiger partial charge in [0.15, 0.2) is 0 Å². The fourth-order valence-electron chi connectivity index (χ4n) is 3.57. The summed E-state index contributed by atoms with van der Waals surface area (Å²) in [5.74, 6) is 6.26. The standard InChI is InChI=1S/C17H27FN2/c1-12-9-13(2)17(15(18)10-12)16(20-19)11-14-7-5-3-4-6-8-14/h9-10,14,16,20H,3-8,11,19H2,1-2H3. The summed E-state index contributed by atoms with van der Waals surface area (Å²) < 4.78 is 14.3. The number of aryl methyl sites for hydroxylation is 2. The van der Waals surface area contributed by atoms with Gasteiger partial charge in [-0.1, -0.05) is 44.6 Å². The smallest absolute Gasteiger partial charge is 0.128 e. The second-order valence-electron chi connectivity index (χ2n) is 6.29. The van der Waals surface area contributed by atoms with Crippen molar-refractivity contribution in [3.05, 3.63) is 34.6 Å². The minimum Gasteiger partial charge on any atom is -0.271 e. The van der Waals surface area contributed by atoms with Crippen LogP contribution in [0.2, 0.25) is 0 Å². The fraction of sp³-hybridized carbons (Fsp3) is 0.647. The minimum absolute atomic E-state index is 0.0706. The van der Waals surface area contributed by atoms with Crippen LogP contribution in [0.1, 0.15) is 67.7 Å². The Balaban J connectivity index is 2.15. The Morgan fingerprint density at radius 3 is 2.40 bits per heavy atom. The first kappa shape index (κ1) is 15.5. The first-order valence-electron chi connectivity index (χ1n) is 7.84. The summed E-state index contributed by atoms with van der Waals surface area (Å²) >= 11 is 0. The van der Waals surface area contributed by atoms with Crippen molar-refractivity contribution in [1.82, 2.24) is 5.43 Å². The molecule has 1 aromatic rings. The molecule has 1 aliphatic rings. The van der Waals surface area contributed by atoms with Crippen LogP contribution in [0.3, 0.4) is 0 Å². The van der Waals surface area contributed by atoms with Crippen LogP contribution in [0.25, 0.3) is 0 Å². The third-order valence-electron chi connectivity index (χ3n) is 4.57. The maximum absolute atomic E-state index is 14.3. The molecule has 1 unspecified atom stereocenters. The minimum atomic E-state index is -0.126. The van der Waals surface area contributed by atoms with Crippen molar-refractivity contribution in [2.24, 2.45) is 11.8 Å². The van der Waals surface area contributed by atoms with Gasteiger partial charge in [-0.15, -0.1) is 0 Å². The predicted octanol–water partition coefficient (Wildman–Crippen LogP) is 4.31. The monoisotopic (exact) mass is 278 g/mol. The highest BCUT2D eigenvalue weighted by Crippen LogP contribution is 2.33. The highest BCUT2D eigenvalue weighted by atomic mass is 19.1. The number of benzene rings is 1. The molecule has 1 fully saturated rings. The Labute approximate surface area is 121 Å². The maximum Gasteiger partial charge on any atom is 0.128 e. The zero-order valence-corrected chi connectivity index (χ0v) is 12.7. The number of nitrogens with two attached hydrogens (primary N) is 1. The van der Waals surface area contributed by atoms with E-state index in [1.165, 1.54) is 38.5 Å². The van der Waals surface area contributed by atoms with Crippen LogP contribution in [-0.4, -0.2) is 0 Å². The van der Waals surface area contributed by atoms with Gasteiger partial charge in [-0.25, -0.2) is 4.39 Å². The van der Waals surface area contributed by atoms with Crippen LogP contribution in [0.15, 0.2) is 12.1 Å². The quantitative estimate of drug-likeness (QED) is 0.489. The Kier molecular flexibility index (Phi) is 5.55. The Morgan fingerprint density at radius 2 is 1.85 bits per heavy atom. The molecule has 0 spiro atoms. The lowest BCUT2D eigenvalue weighted by Gasteiger charge is -2.24. The van der Waals surface area contributed by atoms with Gasteiger partial charge >= 0.3 is 0 Å². The van der Waals surface area contributed by atoms with E-state index in [4.69, 9.17) is 5.84 Å². The van der Waals surface area contributed by atoms with Gasteiger partial charge in [0.2, 0.25) is 0 Å². The molecule has 0 radical (unpaired) electrons. The molecule has 0 aromatic heterocycles. The van der Waals surface area contributed by atoms with Gasteiger partial charge in [-0.05, 0) is 43.4 Å². The molecule has 20 heavy (non-hydrogen) atoms. The Morgan fingerprint density at radius 1 is 1.20 bits per heavy atom. The van der Waals surface area contributed by atoms with Gasteiger partial charge < -0.3 is 0 Å². The lowest BCUT2D eigenvalue weighted by molar-refractivity contribution is 0.352. The predicted molar refractivity (Wildman–Crippen MR) is 81.7 cm³/mol. The van der Waals surface area contributed by atoms with E-state index in [1.54, 1.807) is 6.07 Å². The van der Waals surface area contributed by atoms with Crippen molar-refractivity contribution in [1.29, 1.82) is 0 Å².